The molecule has 1 saturated heterocycles. The number of aromatic nitrogens is 2. The highest BCUT2D eigenvalue weighted by Gasteiger charge is 2.38. The number of rotatable bonds is 4. The maximum atomic E-state index is 13.0. The zero-order valence-electron chi connectivity index (χ0n) is 13.5. The van der Waals surface area contributed by atoms with Gasteiger partial charge in [-0.3, -0.25) is 4.79 Å². The lowest BCUT2D eigenvalue weighted by molar-refractivity contribution is 0.0616. The van der Waals surface area contributed by atoms with Crippen molar-refractivity contribution in [2.24, 2.45) is 0 Å². The molecule has 1 aromatic carbocycles. The molecule has 24 heavy (non-hydrogen) atoms. The van der Waals surface area contributed by atoms with Gasteiger partial charge in [-0.25, -0.2) is 4.68 Å². The summed E-state index contributed by atoms with van der Waals surface area (Å²) in [6.45, 7) is 1.97. The van der Waals surface area contributed by atoms with Gasteiger partial charge in [0.05, 0.1) is 5.69 Å². The number of amides is 1. The fraction of sp³-hybridized carbons (Fsp3) is 0.444. The summed E-state index contributed by atoms with van der Waals surface area (Å²) in [6.07, 6.45) is 6.13. The van der Waals surface area contributed by atoms with Gasteiger partial charge in [-0.2, -0.15) is 5.10 Å². The van der Waals surface area contributed by atoms with Crippen molar-refractivity contribution in [1.82, 2.24) is 20.0 Å². The lowest BCUT2D eigenvalue weighted by Gasteiger charge is -2.34. The molecule has 1 aliphatic carbocycles. The molecule has 5 nitrogen and oxygen atoms in total. The molecular weight excluding hydrogens is 324 g/mol. The second-order valence-electron chi connectivity index (χ2n) is 6.55. The zero-order valence-corrected chi connectivity index (χ0v) is 14.2. The fourth-order valence-corrected chi connectivity index (χ4v) is 3.50. The summed E-state index contributed by atoms with van der Waals surface area (Å²) in [4.78, 5) is 15.1. The van der Waals surface area contributed by atoms with Crippen molar-refractivity contribution in [2.75, 3.05) is 13.1 Å². The number of benzene rings is 1. The Labute approximate surface area is 146 Å². The van der Waals surface area contributed by atoms with Crippen LogP contribution in [-0.4, -0.2) is 45.8 Å². The molecule has 0 spiro atoms. The van der Waals surface area contributed by atoms with Crippen LogP contribution in [0.15, 0.2) is 36.5 Å². The Balaban J connectivity index is 1.55. The van der Waals surface area contributed by atoms with Gasteiger partial charge in [0.15, 0.2) is 5.69 Å². The lowest BCUT2D eigenvalue weighted by atomic mass is 10.0. The summed E-state index contributed by atoms with van der Waals surface area (Å²) < 4.78 is 1.73. The Morgan fingerprint density at radius 3 is 2.42 bits per heavy atom. The molecule has 2 aliphatic rings. The molecule has 0 radical (unpaired) electrons. The zero-order chi connectivity index (χ0) is 16.5. The van der Waals surface area contributed by atoms with E-state index in [4.69, 9.17) is 11.6 Å². The third kappa shape index (κ3) is 3.19. The van der Waals surface area contributed by atoms with E-state index in [9.17, 15) is 4.79 Å². The molecule has 126 valence electrons. The van der Waals surface area contributed by atoms with Crippen molar-refractivity contribution in [3.05, 3.63) is 47.2 Å². The van der Waals surface area contributed by atoms with Crippen LogP contribution in [0.3, 0.4) is 0 Å². The molecule has 1 aromatic heterocycles. The molecular formula is C18H21ClN4O. The number of nitrogens with one attached hydrogen (secondary N) is 1. The Kier molecular flexibility index (Phi) is 4.29. The molecule has 2 aromatic rings. The standard InChI is InChI=1S/C18H21ClN4O/c19-13-1-3-14(4-2-13)22-12-9-17(21-22)18(24)23(15-5-6-15)16-7-10-20-11-8-16/h1-4,9,12,15-16,20H,5-8,10-11H2. The van der Waals surface area contributed by atoms with E-state index in [1.165, 1.54) is 0 Å². The second kappa shape index (κ2) is 6.57. The third-order valence-electron chi connectivity index (χ3n) is 4.78. The van der Waals surface area contributed by atoms with Crippen molar-refractivity contribution in [2.45, 2.75) is 37.8 Å². The largest absolute Gasteiger partial charge is 0.331 e. The van der Waals surface area contributed by atoms with Gasteiger partial charge in [-0.1, -0.05) is 11.6 Å². The highest BCUT2D eigenvalue weighted by atomic mass is 35.5. The Morgan fingerprint density at radius 2 is 1.75 bits per heavy atom. The Hall–Kier alpha value is -1.85. The number of hydrogen-bond acceptors (Lipinski definition) is 3. The molecule has 0 atom stereocenters. The van der Waals surface area contributed by atoms with Gasteiger partial charge < -0.3 is 10.2 Å². The van der Waals surface area contributed by atoms with Crippen LogP contribution in [0.25, 0.3) is 5.69 Å². The number of piperidine rings is 1. The van der Waals surface area contributed by atoms with Crippen molar-refractivity contribution in [3.8, 4) is 5.69 Å². The molecule has 1 amide bonds. The first-order chi connectivity index (χ1) is 11.7. The van der Waals surface area contributed by atoms with E-state index in [0.29, 0.717) is 22.8 Å². The first kappa shape index (κ1) is 15.7. The predicted molar refractivity (Wildman–Crippen MR) is 93.7 cm³/mol. The maximum Gasteiger partial charge on any atom is 0.274 e. The van der Waals surface area contributed by atoms with Crippen LogP contribution >= 0.6 is 11.6 Å². The van der Waals surface area contributed by atoms with Crippen LogP contribution in [0.2, 0.25) is 5.02 Å². The number of carbonyl (C=O) groups excluding carboxylic acids is 1. The first-order valence-corrected chi connectivity index (χ1v) is 8.95. The van der Waals surface area contributed by atoms with Crippen LogP contribution in [0.5, 0.6) is 0 Å². The van der Waals surface area contributed by atoms with Gasteiger partial charge in [-0.05, 0) is 69.1 Å². The van der Waals surface area contributed by atoms with Crippen LogP contribution in [0.1, 0.15) is 36.2 Å². The number of nitrogens with zero attached hydrogens (tertiary/aromatic N) is 3. The quantitative estimate of drug-likeness (QED) is 0.927. The summed E-state index contributed by atoms with van der Waals surface area (Å²) in [5.74, 6) is 0.0668. The van der Waals surface area contributed by atoms with Crippen LogP contribution < -0.4 is 5.32 Å². The molecule has 1 saturated carbocycles. The van der Waals surface area contributed by atoms with E-state index in [-0.39, 0.29) is 5.91 Å². The van der Waals surface area contributed by atoms with Crippen LogP contribution in [0, 0.1) is 0 Å². The van der Waals surface area contributed by atoms with Gasteiger partial charge in [0.25, 0.3) is 5.91 Å². The topological polar surface area (TPSA) is 50.2 Å². The van der Waals surface area contributed by atoms with Crippen molar-refractivity contribution in [1.29, 1.82) is 0 Å². The summed E-state index contributed by atoms with van der Waals surface area (Å²) in [5, 5.41) is 8.56. The number of hydrogen-bond donors (Lipinski definition) is 1. The predicted octanol–water partition coefficient (Wildman–Crippen LogP) is 2.88. The highest BCUT2D eigenvalue weighted by molar-refractivity contribution is 6.30. The summed E-state index contributed by atoms with van der Waals surface area (Å²) >= 11 is 5.93. The summed E-state index contributed by atoms with van der Waals surface area (Å²) in [5.41, 5.74) is 1.42. The molecule has 0 unspecified atom stereocenters. The highest BCUT2D eigenvalue weighted by Crippen LogP contribution is 2.32. The average Bonchev–Trinajstić information content (AvgIpc) is 3.31. The van der Waals surface area contributed by atoms with E-state index >= 15 is 0 Å². The molecule has 1 aliphatic heterocycles. The van der Waals surface area contributed by atoms with Crippen molar-refractivity contribution in [3.63, 3.8) is 0 Å². The molecule has 6 heteroatoms. The molecule has 2 fully saturated rings. The lowest BCUT2D eigenvalue weighted by Crippen LogP contribution is -2.47. The minimum Gasteiger partial charge on any atom is -0.331 e. The molecule has 0 bridgehead atoms. The molecule has 4 rings (SSSR count). The Bertz CT molecular complexity index is 717. The third-order valence-corrected chi connectivity index (χ3v) is 5.03. The van der Waals surface area contributed by atoms with E-state index in [1.54, 1.807) is 4.68 Å². The first-order valence-electron chi connectivity index (χ1n) is 8.57. The fourth-order valence-electron chi connectivity index (χ4n) is 3.38. The summed E-state index contributed by atoms with van der Waals surface area (Å²) in [6, 6.07) is 10.0. The minimum atomic E-state index is 0.0668. The van der Waals surface area contributed by atoms with Gasteiger partial charge in [0, 0.05) is 23.3 Å². The van der Waals surface area contributed by atoms with Gasteiger partial charge in [-0.15, -0.1) is 0 Å². The van der Waals surface area contributed by atoms with Crippen molar-refractivity contribution >= 4 is 17.5 Å². The Morgan fingerprint density at radius 1 is 1.08 bits per heavy atom. The van der Waals surface area contributed by atoms with E-state index < -0.39 is 0 Å². The molecule has 2 heterocycles. The maximum absolute atomic E-state index is 13.0. The van der Waals surface area contributed by atoms with Crippen LogP contribution in [0.4, 0.5) is 0 Å². The van der Waals surface area contributed by atoms with Crippen LogP contribution in [-0.2, 0) is 0 Å². The van der Waals surface area contributed by atoms with Gasteiger partial charge in [0.1, 0.15) is 0 Å². The van der Waals surface area contributed by atoms with E-state index in [2.05, 4.69) is 15.3 Å². The summed E-state index contributed by atoms with van der Waals surface area (Å²) in [7, 11) is 0. The normalized spacial score (nSPS) is 18.5. The monoisotopic (exact) mass is 344 g/mol. The van der Waals surface area contributed by atoms with E-state index in [1.807, 2.05) is 36.5 Å². The minimum absolute atomic E-state index is 0.0668. The van der Waals surface area contributed by atoms with Crippen molar-refractivity contribution < 1.29 is 4.79 Å². The second-order valence-corrected chi connectivity index (χ2v) is 6.98. The number of halogens is 1. The number of carbonyl (C=O) groups is 1. The smallest absolute Gasteiger partial charge is 0.274 e. The SMILES string of the molecule is O=C(c1ccn(-c2ccc(Cl)cc2)n1)N(C1CCNCC1)C1CC1. The van der Waals surface area contributed by atoms with Gasteiger partial charge >= 0.3 is 0 Å². The van der Waals surface area contributed by atoms with Gasteiger partial charge in [0.2, 0.25) is 0 Å². The average molecular weight is 345 g/mol. The molecule has 1 N–H and O–H groups in total. The van der Waals surface area contributed by atoms with E-state index in [0.717, 1.165) is 44.5 Å².